The van der Waals surface area contributed by atoms with Crippen LogP contribution in [0.15, 0.2) is 61.3 Å². The highest BCUT2D eigenvalue weighted by molar-refractivity contribution is 6.38. The number of fused-ring (bicyclic) bond motifs is 1. The van der Waals surface area contributed by atoms with Crippen molar-refractivity contribution in [1.29, 1.82) is 0 Å². The van der Waals surface area contributed by atoms with Crippen molar-refractivity contribution in [2.24, 2.45) is 0 Å². The van der Waals surface area contributed by atoms with E-state index < -0.39 is 6.10 Å². The number of likely N-dealkylation sites (N-methyl/N-ethyl adjacent to an activating group) is 1. The highest BCUT2D eigenvalue weighted by atomic mass is 35.5. The number of rotatable bonds is 9. The Morgan fingerprint density at radius 2 is 1.72 bits per heavy atom. The van der Waals surface area contributed by atoms with Crippen LogP contribution < -0.4 is 25.0 Å². The Labute approximate surface area is 259 Å². The number of aliphatic hydroxyl groups is 1. The summed E-state index contributed by atoms with van der Waals surface area (Å²) in [6.45, 7) is 7.27. The third-order valence-electron chi connectivity index (χ3n) is 7.36. The minimum Gasteiger partial charge on any atom is -0.495 e. The maximum atomic E-state index is 12.3. The first kappa shape index (κ1) is 30.4. The lowest BCUT2D eigenvalue weighted by Crippen LogP contribution is -2.44. The Bertz CT molecular complexity index is 1650. The van der Waals surface area contributed by atoms with Crippen LogP contribution in [0.1, 0.15) is 17.2 Å². The first-order chi connectivity index (χ1) is 20.7. The molecule has 1 amide bonds. The van der Waals surface area contributed by atoms with Crippen molar-refractivity contribution in [3.8, 4) is 11.5 Å². The van der Waals surface area contributed by atoms with Crippen LogP contribution in [0.4, 0.5) is 23.0 Å². The molecular formula is C31H32Cl2N6O4. The molecule has 0 spiro atoms. The highest BCUT2D eigenvalue weighted by Crippen LogP contribution is 2.45. The average molecular weight is 624 g/mol. The van der Waals surface area contributed by atoms with Crippen molar-refractivity contribution in [3.05, 3.63) is 82.5 Å². The number of benzene rings is 3. The lowest BCUT2D eigenvalue weighted by atomic mass is 9.99. The van der Waals surface area contributed by atoms with Crippen molar-refractivity contribution < 1.29 is 19.4 Å². The molecule has 1 saturated heterocycles. The zero-order valence-electron chi connectivity index (χ0n) is 24.0. The summed E-state index contributed by atoms with van der Waals surface area (Å²) >= 11 is 13.1. The van der Waals surface area contributed by atoms with Gasteiger partial charge < -0.3 is 35.0 Å². The predicted octanol–water partition coefficient (Wildman–Crippen LogP) is 5.66. The molecule has 1 atom stereocenters. The number of hydrogen-bond acceptors (Lipinski definition) is 9. The van der Waals surface area contributed by atoms with E-state index >= 15 is 0 Å². The van der Waals surface area contributed by atoms with Gasteiger partial charge in [0, 0.05) is 55.1 Å². The van der Waals surface area contributed by atoms with E-state index in [9.17, 15) is 9.90 Å². The average Bonchev–Trinajstić information content (AvgIpc) is 3.02. The van der Waals surface area contributed by atoms with Gasteiger partial charge in [0.2, 0.25) is 11.9 Å². The molecule has 3 N–H and O–H groups in total. The van der Waals surface area contributed by atoms with Crippen LogP contribution in [0.2, 0.25) is 10.0 Å². The molecule has 224 valence electrons. The van der Waals surface area contributed by atoms with Crippen molar-refractivity contribution in [1.82, 2.24) is 14.9 Å². The van der Waals surface area contributed by atoms with Gasteiger partial charge in [0.25, 0.3) is 0 Å². The van der Waals surface area contributed by atoms with Crippen LogP contribution in [-0.2, 0) is 4.79 Å². The number of ether oxygens (including phenoxy) is 2. The van der Waals surface area contributed by atoms with Crippen LogP contribution in [-0.4, -0.2) is 73.3 Å². The largest absolute Gasteiger partial charge is 0.495 e. The van der Waals surface area contributed by atoms with Crippen LogP contribution in [0.3, 0.4) is 0 Å². The summed E-state index contributed by atoms with van der Waals surface area (Å²) in [6.07, 6.45) is 1.71. The zero-order valence-corrected chi connectivity index (χ0v) is 25.5. The molecule has 12 heteroatoms. The van der Waals surface area contributed by atoms with Crippen LogP contribution >= 0.6 is 23.2 Å². The second-order valence-electron chi connectivity index (χ2n) is 10.1. The van der Waals surface area contributed by atoms with E-state index in [4.69, 9.17) is 32.7 Å². The summed E-state index contributed by atoms with van der Waals surface area (Å²) in [5.41, 5.74) is 3.53. The number of piperazine rings is 1. The van der Waals surface area contributed by atoms with Crippen molar-refractivity contribution in [3.63, 3.8) is 0 Å². The summed E-state index contributed by atoms with van der Waals surface area (Å²) in [5.74, 6) is 0.622. The van der Waals surface area contributed by atoms with E-state index in [1.54, 1.807) is 30.5 Å². The minimum absolute atomic E-state index is 0.181. The lowest BCUT2D eigenvalue weighted by Gasteiger charge is -2.34. The molecule has 0 aliphatic carbocycles. The Hall–Kier alpha value is -4.09. The molecule has 4 aromatic rings. The van der Waals surface area contributed by atoms with Gasteiger partial charge in [-0.05, 0) is 43.0 Å². The number of nitrogens with one attached hydrogen (secondary N) is 2. The van der Waals surface area contributed by atoms with Crippen LogP contribution in [0, 0.1) is 0 Å². The van der Waals surface area contributed by atoms with E-state index in [0.717, 1.165) is 37.3 Å². The second kappa shape index (κ2) is 13.0. The molecule has 0 saturated carbocycles. The SMILES string of the molecule is C=CC(=O)Nc1cc(N2CCN(C)CC2)ccc1Nc1ncc2ccc(C(O)c3c(Cl)c(OC)cc(OC)c3Cl)cc2n1. The van der Waals surface area contributed by atoms with Crippen LogP contribution in [0.25, 0.3) is 10.9 Å². The Morgan fingerprint density at radius 3 is 2.37 bits per heavy atom. The number of nitrogens with zero attached hydrogens (tertiary/aromatic N) is 4. The van der Waals surface area contributed by atoms with Gasteiger partial charge in [-0.3, -0.25) is 4.79 Å². The second-order valence-corrected chi connectivity index (χ2v) is 10.8. The summed E-state index contributed by atoms with van der Waals surface area (Å²) in [7, 11) is 5.05. The third-order valence-corrected chi connectivity index (χ3v) is 8.14. The molecular weight excluding hydrogens is 591 g/mol. The van der Waals surface area contributed by atoms with Gasteiger partial charge >= 0.3 is 0 Å². The molecule has 10 nitrogen and oxygen atoms in total. The Balaban J connectivity index is 1.47. The zero-order chi connectivity index (χ0) is 30.7. The number of aromatic nitrogens is 2. The van der Waals surface area contributed by atoms with E-state index in [0.29, 0.717) is 39.9 Å². The topological polar surface area (TPSA) is 112 Å². The number of halogens is 2. The first-order valence-corrected chi connectivity index (χ1v) is 14.3. The Kier molecular flexibility index (Phi) is 9.22. The number of carbonyl (C=O) groups excluding carboxylic acids is 1. The summed E-state index contributed by atoms with van der Waals surface area (Å²) in [4.78, 5) is 26.0. The molecule has 0 radical (unpaired) electrons. The summed E-state index contributed by atoms with van der Waals surface area (Å²) in [6, 6.07) is 12.7. The summed E-state index contributed by atoms with van der Waals surface area (Å²) in [5, 5.41) is 18.6. The molecule has 2 heterocycles. The third kappa shape index (κ3) is 6.47. The molecule has 1 fully saturated rings. The number of carbonyl (C=O) groups is 1. The smallest absolute Gasteiger partial charge is 0.247 e. The van der Waals surface area contributed by atoms with Crippen molar-refractivity contribution >= 4 is 63.0 Å². The number of methoxy groups -OCH3 is 2. The van der Waals surface area contributed by atoms with E-state index in [1.807, 2.05) is 18.2 Å². The van der Waals surface area contributed by atoms with Gasteiger partial charge in [0.05, 0.1) is 41.2 Å². The fraction of sp³-hybridized carbons (Fsp3) is 0.258. The van der Waals surface area contributed by atoms with Gasteiger partial charge in [0.15, 0.2) is 0 Å². The molecule has 1 unspecified atom stereocenters. The molecule has 1 aromatic heterocycles. The monoisotopic (exact) mass is 622 g/mol. The normalized spacial score (nSPS) is 14.3. The fourth-order valence-corrected chi connectivity index (χ4v) is 5.60. The maximum absolute atomic E-state index is 12.3. The molecule has 43 heavy (non-hydrogen) atoms. The number of hydrogen-bond donors (Lipinski definition) is 3. The van der Waals surface area contributed by atoms with E-state index in [-0.39, 0.29) is 21.5 Å². The Morgan fingerprint density at radius 1 is 1.02 bits per heavy atom. The lowest BCUT2D eigenvalue weighted by molar-refractivity contribution is -0.111. The maximum Gasteiger partial charge on any atom is 0.247 e. The minimum atomic E-state index is -1.19. The van der Waals surface area contributed by atoms with Gasteiger partial charge in [-0.15, -0.1) is 0 Å². The van der Waals surface area contributed by atoms with E-state index in [2.05, 4.69) is 44.0 Å². The van der Waals surface area contributed by atoms with Crippen molar-refractivity contribution in [2.75, 3.05) is 63.0 Å². The highest BCUT2D eigenvalue weighted by Gasteiger charge is 2.25. The van der Waals surface area contributed by atoms with Gasteiger partial charge in [-0.1, -0.05) is 41.9 Å². The standard InChI is InChI=1S/C31H32Cl2N6O4/c1-5-26(40)35-23-15-20(39-12-10-38(2)11-13-39)8-9-21(23)36-31-34-17-19-7-6-18(14-22(19)37-31)30(41)27-28(32)24(42-3)16-25(43-4)29(27)33/h5-9,14-17,30,41H,1,10-13H2,2-4H3,(H,35,40)(H,34,36,37). The molecule has 0 bridgehead atoms. The number of aliphatic hydroxyl groups excluding tert-OH is 1. The first-order valence-electron chi connectivity index (χ1n) is 13.5. The fourth-order valence-electron chi connectivity index (χ4n) is 4.89. The van der Waals surface area contributed by atoms with Gasteiger partial charge in [0.1, 0.15) is 17.6 Å². The molecule has 1 aliphatic heterocycles. The summed E-state index contributed by atoms with van der Waals surface area (Å²) < 4.78 is 10.7. The van der Waals surface area contributed by atoms with Gasteiger partial charge in [-0.2, -0.15) is 0 Å². The number of anilines is 4. The molecule has 5 rings (SSSR count). The molecule has 3 aromatic carbocycles. The van der Waals surface area contributed by atoms with E-state index in [1.165, 1.54) is 20.3 Å². The molecule has 1 aliphatic rings. The number of amides is 1. The quantitative estimate of drug-likeness (QED) is 0.204. The van der Waals surface area contributed by atoms with Gasteiger partial charge in [-0.25, -0.2) is 9.97 Å². The van der Waals surface area contributed by atoms with Crippen molar-refractivity contribution in [2.45, 2.75) is 6.10 Å². The van der Waals surface area contributed by atoms with Crippen LogP contribution in [0.5, 0.6) is 11.5 Å². The predicted molar refractivity (Wildman–Crippen MR) is 171 cm³/mol.